The average molecular weight is 602 g/mol. The maximum absolute atomic E-state index is 5.27. The van der Waals surface area contributed by atoms with Gasteiger partial charge in [0, 0.05) is 28.2 Å². The molecule has 1 aromatic heterocycles. The lowest BCUT2D eigenvalue weighted by Gasteiger charge is -2.25. The third-order valence-electron chi connectivity index (χ3n) is 8.44. The highest BCUT2D eigenvalue weighted by molar-refractivity contribution is 5.90. The first-order valence-electron chi connectivity index (χ1n) is 15.8. The SMILES string of the molecule is c1ccc(-c2cccc(-c3ccc4nc(-c5ccc(N(c6ccccc6)c6ccccc6)cc5)c(-c5ccccc5)nc4c3)c2)cc1. The summed E-state index contributed by atoms with van der Waals surface area (Å²) >= 11 is 0. The Hall–Kier alpha value is -6.32. The monoisotopic (exact) mass is 601 g/mol. The molecular formula is C44H31N3. The molecule has 1 heterocycles. The first-order valence-corrected chi connectivity index (χ1v) is 15.8. The van der Waals surface area contributed by atoms with Crippen LogP contribution in [0.2, 0.25) is 0 Å². The van der Waals surface area contributed by atoms with Gasteiger partial charge in [-0.3, -0.25) is 0 Å². The van der Waals surface area contributed by atoms with Crippen LogP contribution in [-0.4, -0.2) is 9.97 Å². The highest BCUT2D eigenvalue weighted by atomic mass is 15.1. The van der Waals surface area contributed by atoms with Crippen LogP contribution in [-0.2, 0) is 0 Å². The van der Waals surface area contributed by atoms with Crippen molar-refractivity contribution >= 4 is 28.1 Å². The fourth-order valence-corrected chi connectivity index (χ4v) is 6.11. The molecule has 0 aliphatic heterocycles. The minimum absolute atomic E-state index is 0.861. The van der Waals surface area contributed by atoms with E-state index in [0.717, 1.165) is 61.7 Å². The summed E-state index contributed by atoms with van der Waals surface area (Å²) in [6.07, 6.45) is 0. The fourth-order valence-electron chi connectivity index (χ4n) is 6.11. The van der Waals surface area contributed by atoms with Crippen molar-refractivity contribution in [3.05, 3.63) is 188 Å². The Balaban J connectivity index is 1.21. The summed E-state index contributed by atoms with van der Waals surface area (Å²) < 4.78 is 0. The number of fused-ring (bicyclic) bond motifs is 1. The Morgan fingerprint density at radius 1 is 0.277 bits per heavy atom. The number of para-hydroxylation sites is 2. The van der Waals surface area contributed by atoms with Gasteiger partial charge in [0.2, 0.25) is 0 Å². The van der Waals surface area contributed by atoms with Crippen LogP contribution in [0.5, 0.6) is 0 Å². The molecule has 0 radical (unpaired) electrons. The lowest BCUT2D eigenvalue weighted by molar-refractivity contribution is 1.27. The van der Waals surface area contributed by atoms with Gasteiger partial charge in [0.1, 0.15) is 0 Å². The smallest absolute Gasteiger partial charge is 0.0973 e. The van der Waals surface area contributed by atoms with Crippen LogP contribution >= 0.6 is 0 Å². The van der Waals surface area contributed by atoms with Gasteiger partial charge >= 0.3 is 0 Å². The van der Waals surface area contributed by atoms with E-state index >= 15 is 0 Å². The van der Waals surface area contributed by atoms with E-state index in [1.54, 1.807) is 0 Å². The van der Waals surface area contributed by atoms with E-state index in [2.05, 4.69) is 169 Å². The second-order valence-corrected chi connectivity index (χ2v) is 11.5. The van der Waals surface area contributed by atoms with Crippen molar-refractivity contribution in [2.24, 2.45) is 0 Å². The molecule has 47 heavy (non-hydrogen) atoms. The molecule has 0 saturated heterocycles. The number of aromatic nitrogens is 2. The Bertz CT molecular complexity index is 2230. The minimum Gasteiger partial charge on any atom is -0.311 e. The average Bonchev–Trinajstić information content (AvgIpc) is 3.16. The van der Waals surface area contributed by atoms with Crippen molar-refractivity contribution < 1.29 is 0 Å². The minimum atomic E-state index is 0.861. The number of hydrogen-bond acceptors (Lipinski definition) is 3. The van der Waals surface area contributed by atoms with Gasteiger partial charge < -0.3 is 4.90 Å². The summed E-state index contributed by atoms with van der Waals surface area (Å²) in [6, 6.07) is 65.5. The van der Waals surface area contributed by atoms with Crippen LogP contribution in [0.4, 0.5) is 17.1 Å². The van der Waals surface area contributed by atoms with Crippen LogP contribution in [0.1, 0.15) is 0 Å². The highest BCUT2D eigenvalue weighted by Crippen LogP contribution is 2.37. The molecule has 0 amide bonds. The predicted octanol–water partition coefficient (Wildman–Crippen LogP) is 11.8. The van der Waals surface area contributed by atoms with Gasteiger partial charge in [0.25, 0.3) is 0 Å². The summed E-state index contributed by atoms with van der Waals surface area (Å²) in [5.41, 5.74) is 13.4. The fraction of sp³-hybridized carbons (Fsp3) is 0. The number of rotatable bonds is 7. The summed E-state index contributed by atoms with van der Waals surface area (Å²) in [6.45, 7) is 0. The number of hydrogen-bond donors (Lipinski definition) is 0. The zero-order valence-corrected chi connectivity index (χ0v) is 25.7. The quantitative estimate of drug-likeness (QED) is 0.182. The number of nitrogens with zero attached hydrogens (tertiary/aromatic N) is 3. The summed E-state index contributed by atoms with van der Waals surface area (Å²) in [5, 5.41) is 0. The second-order valence-electron chi connectivity index (χ2n) is 11.5. The van der Waals surface area contributed by atoms with Crippen LogP contribution in [0.3, 0.4) is 0 Å². The van der Waals surface area contributed by atoms with Crippen molar-refractivity contribution in [2.75, 3.05) is 4.90 Å². The molecule has 0 spiro atoms. The van der Waals surface area contributed by atoms with Crippen molar-refractivity contribution in [3.8, 4) is 44.8 Å². The van der Waals surface area contributed by atoms with Crippen molar-refractivity contribution in [1.82, 2.24) is 9.97 Å². The van der Waals surface area contributed by atoms with E-state index in [1.165, 1.54) is 11.1 Å². The van der Waals surface area contributed by atoms with E-state index in [4.69, 9.17) is 9.97 Å². The van der Waals surface area contributed by atoms with Gasteiger partial charge in [-0.15, -0.1) is 0 Å². The van der Waals surface area contributed by atoms with E-state index < -0.39 is 0 Å². The molecule has 0 saturated carbocycles. The zero-order valence-electron chi connectivity index (χ0n) is 25.7. The Labute approximate surface area is 275 Å². The number of anilines is 3. The first kappa shape index (κ1) is 28.2. The van der Waals surface area contributed by atoms with Gasteiger partial charge in [0.05, 0.1) is 22.4 Å². The van der Waals surface area contributed by atoms with E-state index in [1.807, 2.05) is 24.3 Å². The Kier molecular flexibility index (Phi) is 7.54. The van der Waals surface area contributed by atoms with Gasteiger partial charge in [0.15, 0.2) is 0 Å². The normalized spacial score (nSPS) is 11.0. The third kappa shape index (κ3) is 5.79. The Morgan fingerprint density at radius 3 is 1.28 bits per heavy atom. The number of benzene rings is 7. The zero-order chi connectivity index (χ0) is 31.4. The molecule has 7 aromatic carbocycles. The highest BCUT2D eigenvalue weighted by Gasteiger charge is 2.16. The Morgan fingerprint density at radius 2 is 0.681 bits per heavy atom. The molecular weight excluding hydrogens is 571 g/mol. The van der Waals surface area contributed by atoms with Gasteiger partial charge in [-0.1, -0.05) is 133 Å². The largest absolute Gasteiger partial charge is 0.311 e. The van der Waals surface area contributed by atoms with Crippen molar-refractivity contribution in [1.29, 1.82) is 0 Å². The molecule has 3 nitrogen and oxygen atoms in total. The van der Waals surface area contributed by atoms with E-state index in [9.17, 15) is 0 Å². The molecule has 0 bridgehead atoms. The summed E-state index contributed by atoms with van der Waals surface area (Å²) in [5.74, 6) is 0. The molecule has 0 fully saturated rings. The van der Waals surface area contributed by atoms with Gasteiger partial charge in [-0.25, -0.2) is 9.97 Å². The molecule has 8 rings (SSSR count). The van der Waals surface area contributed by atoms with Crippen LogP contribution in [0.25, 0.3) is 55.8 Å². The van der Waals surface area contributed by atoms with Crippen molar-refractivity contribution in [3.63, 3.8) is 0 Å². The molecule has 8 aromatic rings. The van der Waals surface area contributed by atoms with E-state index in [0.29, 0.717) is 0 Å². The lowest BCUT2D eigenvalue weighted by atomic mass is 9.98. The maximum atomic E-state index is 5.27. The van der Waals surface area contributed by atoms with Crippen LogP contribution in [0, 0.1) is 0 Å². The summed E-state index contributed by atoms with van der Waals surface area (Å²) in [4.78, 5) is 12.8. The molecule has 0 aliphatic rings. The van der Waals surface area contributed by atoms with Crippen LogP contribution in [0.15, 0.2) is 188 Å². The topological polar surface area (TPSA) is 29.0 Å². The molecule has 0 atom stereocenters. The molecule has 3 heteroatoms. The molecule has 222 valence electrons. The standard InChI is InChI=1S/C44H31N3/c1-5-14-32(15-6-1)35-18-13-19-36(30-35)37-26-29-41-42(31-37)46-43(33-16-7-2-8-17-33)44(45-41)34-24-27-40(28-25-34)47(38-20-9-3-10-21-38)39-22-11-4-12-23-39/h1-31H. The molecule has 0 aliphatic carbocycles. The van der Waals surface area contributed by atoms with E-state index in [-0.39, 0.29) is 0 Å². The second kappa shape index (κ2) is 12.6. The molecule has 0 unspecified atom stereocenters. The lowest BCUT2D eigenvalue weighted by Crippen LogP contribution is -2.09. The molecule has 0 N–H and O–H groups in total. The summed E-state index contributed by atoms with van der Waals surface area (Å²) in [7, 11) is 0. The maximum Gasteiger partial charge on any atom is 0.0973 e. The third-order valence-corrected chi connectivity index (χ3v) is 8.44. The first-order chi connectivity index (χ1) is 23.3. The van der Waals surface area contributed by atoms with Gasteiger partial charge in [-0.2, -0.15) is 0 Å². The van der Waals surface area contributed by atoms with Gasteiger partial charge in [-0.05, 0) is 76.9 Å². The van der Waals surface area contributed by atoms with Crippen molar-refractivity contribution in [2.45, 2.75) is 0 Å². The van der Waals surface area contributed by atoms with Crippen LogP contribution < -0.4 is 4.90 Å². The predicted molar refractivity (Wildman–Crippen MR) is 196 cm³/mol.